The Labute approximate surface area is 123 Å². The van der Waals surface area contributed by atoms with Crippen molar-refractivity contribution in [3.8, 4) is 0 Å². The molecule has 0 radical (unpaired) electrons. The molecule has 0 spiro atoms. The normalized spacial score (nSPS) is 12.6. The Morgan fingerprint density at radius 2 is 2.16 bits per heavy atom. The predicted octanol–water partition coefficient (Wildman–Crippen LogP) is 3.91. The van der Waals surface area contributed by atoms with Gasteiger partial charge in [0.1, 0.15) is 0 Å². The topological polar surface area (TPSA) is 29.9 Å². The number of rotatable bonds is 5. The number of hydrogen-bond donors (Lipinski definition) is 1. The van der Waals surface area contributed by atoms with Crippen LogP contribution >= 0.6 is 23.2 Å². The summed E-state index contributed by atoms with van der Waals surface area (Å²) in [5, 5.41) is 4.64. The van der Waals surface area contributed by atoms with Crippen LogP contribution in [0.2, 0.25) is 10.0 Å². The van der Waals surface area contributed by atoms with Gasteiger partial charge in [0.25, 0.3) is 0 Å². The zero-order chi connectivity index (χ0) is 13.8. The van der Waals surface area contributed by atoms with Gasteiger partial charge in [-0.05, 0) is 31.2 Å². The average molecular weight is 298 g/mol. The van der Waals surface area contributed by atoms with Gasteiger partial charge in [0.05, 0.1) is 18.1 Å². The molecular formula is C14H17Cl2N3. The Bertz CT molecular complexity index is 551. The molecule has 1 atom stereocenters. The molecule has 1 heterocycles. The minimum atomic E-state index is 0.126. The first-order valence-electron chi connectivity index (χ1n) is 6.29. The molecule has 2 aromatic rings. The Kier molecular flexibility index (Phi) is 4.86. The van der Waals surface area contributed by atoms with Crippen molar-refractivity contribution in [1.82, 2.24) is 14.9 Å². The van der Waals surface area contributed by atoms with Crippen molar-refractivity contribution in [2.45, 2.75) is 26.4 Å². The van der Waals surface area contributed by atoms with E-state index in [0.29, 0.717) is 10.0 Å². The van der Waals surface area contributed by atoms with Gasteiger partial charge in [-0.1, -0.05) is 36.2 Å². The maximum atomic E-state index is 6.26. The van der Waals surface area contributed by atoms with Gasteiger partial charge in [-0.2, -0.15) is 0 Å². The van der Waals surface area contributed by atoms with Crippen LogP contribution in [0.1, 0.15) is 31.1 Å². The fourth-order valence-electron chi connectivity index (χ4n) is 2.06. The lowest BCUT2D eigenvalue weighted by Crippen LogP contribution is -2.17. The van der Waals surface area contributed by atoms with Crippen molar-refractivity contribution >= 4 is 23.2 Å². The van der Waals surface area contributed by atoms with Gasteiger partial charge >= 0.3 is 0 Å². The minimum Gasteiger partial charge on any atom is -0.326 e. The molecule has 102 valence electrons. The largest absolute Gasteiger partial charge is 0.326 e. The monoisotopic (exact) mass is 297 g/mol. The molecular weight excluding hydrogens is 281 g/mol. The lowest BCUT2D eigenvalue weighted by atomic mass is 10.1. The van der Waals surface area contributed by atoms with E-state index in [2.05, 4.69) is 28.7 Å². The number of hydrogen-bond acceptors (Lipinski definition) is 2. The van der Waals surface area contributed by atoms with Crippen LogP contribution in [-0.4, -0.2) is 16.1 Å². The maximum absolute atomic E-state index is 6.26. The second-order valence-electron chi connectivity index (χ2n) is 4.41. The molecule has 0 fully saturated rings. The van der Waals surface area contributed by atoms with Crippen LogP contribution < -0.4 is 5.32 Å². The van der Waals surface area contributed by atoms with E-state index in [1.807, 2.05) is 24.7 Å². The summed E-state index contributed by atoms with van der Waals surface area (Å²) in [5.74, 6) is 0. The molecule has 0 bridgehead atoms. The standard InChI is InChI=1S/C14H17Cl2N3/c1-3-17-7-12-8-18-9-19(12)10(2)13-5-4-11(15)6-14(13)16/h4-6,8-10,17H,3,7H2,1-2H3. The van der Waals surface area contributed by atoms with Crippen LogP contribution in [0.15, 0.2) is 30.7 Å². The summed E-state index contributed by atoms with van der Waals surface area (Å²) in [6, 6.07) is 5.73. The third-order valence-corrected chi connectivity index (χ3v) is 3.69. The lowest BCUT2D eigenvalue weighted by molar-refractivity contribution is 0.583. The Balaban J connectivity index is 2.28. The second-order valence-corrected chi connectivity index (χ2v) is 5.26. The van der Waals surface area contributed by atoms with Crippen LogP contribution in [-0.2, 0) is 6.54 Å². The molecule has 0 saturated carbocycles. The highest BCUT2D eigenvalue weighted by Gasteiger charge is 2.14. The molecule has 1 aromatic heterocycles. The zero-order valence-corrected chi connectivity index (χ0v) is 12.5. The van der Waals surface area contributed by atoms with Crippen LogP contribution in [0.25, 0.3) is 0 Å². The Morgan fingerprint density at radius 3 is 2.84 bits per heavy atom. The summed E-state index contributed by atoms with van der Waals surface area (Å²) >= 11 is 12.2. The average Bonchev–Trinajstić information content (AvgIpc) is 2.83. The number of benzene rings is 1. The smallest absolute Gasteiger partial charge is 0.0954 e. The van der Waals surface area contributed by atoms with E-state index in [1.165, 1.54) is 0 Å². The highest BCUT2D eigenvalue weighted by Crippen LogP contribution is 2.29. The van der Waals surface area contributed by atoms with E-state index in [-0.39, 0.29) is 6.04 Å². The molecule has 0 aliphatic rings. The molecule has 0 saturated heterocycles. The first kappa shape index (κ1) is 14.4. The molecule has 5 heteroatoms. The summed E-state index contributed by atoms with van der Waals surface area (Å²) < 4.78 is 2.12. The highest BCUT2D eigenvalue weighted by molar-refractivity contribution is 6.35. The zero-order valence-electron chi connectivity index (χ0n) is 11.0. The van der Waals surface area contributed by atoms with Crippen molar-refractivity contribution in [2.75, 3.05) is 6.54 Å². The quantitative estimate of drug-likeness (QED) is 0.907. The van der Waals surface area contributed by atoms with Crippen LogP contribution in [0.3, 0.4) is 0 Å². The molecule has 1 unspecified atom stereocenters. The summed E-state index contributed by atoms with van der Waals surface area (Å²) in [6.45, 7) is 5.92. The van der Waals surface area contributed by atoms with Gasteiger partial charge in [0, 0.05) is 22.8 Å². The van der Waals surface area contributed by atoms with E-state index in [9.17, 15) is 0 Å². The number of aromatic nitrogens is 2. The summed E-state index contributed by atoms with van der Waals surface area (Å²) in [7, 11) is 0. The molecule has 0 aliphatic heterocycles. The Morgan fingerprint density at radius 1 is 1.37 bits per heavy atom. The molecule has 1 N–H and O–H groups in total. The van der Waals surface area contributed by atoms with Crippen molar-refractivity contribution in [2.24, 2.45) is 0 Å². The van der Waals surface area contributed by atoms with E-state index < -0.39 is 0 Å². The summed E-state index contributed by atoms with van der Waals surface area (Å²) in [5.41, 5.74) is 2.18. The number of halogens is 2. The van der Waals surface area contributed by atoms with Gasteiger partial charge < -0.3 is 9.88 Å². The third kappa shape index (κ3) is 3.30. The van der Waals surface area contributed by atoms with Crippen molar-refractivity contribution in [1.29, 1.82) is 0 Å². The molecule has 19 heavy (non-hydrogen) atoms. The van der Waals surface area contributed by atoms with Crippen molar-refractivity contribution in [3.63, 3.8) is 0 Å². The fraction of sp³-hybridized carbons (Fsp3) is 0.357. The number of nitrogens with one attached hydrogen (secondary N) is 1. The SMILES string of the molecule is CCNCc1cncn1C(C)c1ccc(Cl)cc1Cl. The van der Waals surface area contributed by atoms with Gasteiger partial charge in [0.2, 0.25) is 0 Å². The molecule has 2 rings (SSSR count). The molecule has 3 nitrogen and oxygen atoms in total. The van der Waals surface area contributed by atoms with Crippen LogP contribution in [0, 0.1) is 0 Å². The first-order chi connectivity index (χ1) is 9.13. The molecule has 1 aromatic carbocycles. The maximum Gasteiger partial charge on any atom is 0.0954 e. The third-order valence-electron chi connectivity index (χ3n) is 3.13. The summed E-state index contributed by atoms with van der Waals surface area (Å²) in [4.78, 5) is 4.22. The van der Waals surface area contributed by atoms with Crippen LogP contribution in [0.4, 0.5) is 0 Å². The number of nitrogens with zero attached hydrogens (tertiary/aromatic N) is 2. The predicted molar refractivity (Wildman–Crippen MR) is 79.9 cm³/mol. The lowest BCUT2D eigenvalue weighted by Gasteiger charge is -2.18. The van der Waals surface area contributed by atoms with Gasteiger partial charge in [-0.25, -0.2) is 4.98 Å². The number of imidazole rings is 1. The van der Waals surface area contributed by atoms with Crippen molar-refractivity contribution in [3.05, 3.63) is 52.0 Å². The summed E-state index contributed by atoms with van der Waals surface area (Å²) in [6.07, 6.45) is 3.71. The van der Waals surface area contributed by atoms with E-state index in [4.69, 9.17) is 23.2 Å². The van der Waals surface area contributed by atoms with E-state index in [0.717, 1.165) is 24.3 Å². The van der Waals surface area contributed by atoms with Crippen molar-refractivity contribution < 1.29 is 0 Å². The van der Waals surface area contributed by atoms with E-state index in [1.54, 1.807) is 6.07 Å². The highest BCUT2D eigenvalue weighted by atomic mass is 35.5. The van der Waals surface area contributed by atoms with Crippen LogP contribution in [0.5, 0.6) is 0 Å². The molecule has 0 aliphatic carbocycles. The van der Waals surface area contributed by atoms with Gasteiger partial charge in [0.15, 0.2) is 0 Å². The minimum absolute atomic E-state index is 0.126. The van der Waals surface area contributed by atoms with Gasteiger partial charge in [-0.3, -0.25) is 0 Å². The van der Waals surface area contributed by atoms with E-state index >= 15 is 0 Å². The Hall–Kier alpha value is -1.03. The first-order valence-corrected chi connectivity index (χ1v) is 7.05. The fourth-order valence-corrected chi connectivity index (χ4v) is 2.63. The van der Waals surface area contributed by atoms with Gasteiger partial charge in [-0.15, -0.1) is 0 Å². The second kappa shape index (κ2) is 6.42. The molecule has 0 amide bonds.